The summed E-state index contributed by atoms with van der Waals surface area (Å²) in [6, 6.07) is 7.90. The highest BCUT2D eigenvalue weighted by Crippen LogP contribution is 2.28. The topological polar surface area (TPSA) is 36.9 Å². The number of benzene rings is 1. The van der Waals surface area contributed by atoms with E-state index in [2.05, 4.69) is 18.8 Å². The Kier molecular flexibility index (Phi) is 6.47. The van der Waals surface area contributed by atoms with E-state index in [4.69, 9.17) is 18.9 Å². The van der Waals surface area contributed by atoms with E-state index < -0.39 is 5.79 Å². The zero-order valence-electron chi connectivity index (χ0n) is 14.4. The van der Waals surface area contributed by atoms with Gasteiger partial charge in [-0.3, -0.25) is 0 Å². The van der Waals surface area contributed by atoms with Crippen LogP contribution in [-0.2, 0) is 20.8 Å². The lowest BCUT2D eigenvalue weighted by Crippen LogP contribution is -2.35. The van der Waals surface area contributed by atoms with Crippen molar-refractivity contribution in [3.63, 3.8) is 0 Å². The van der Waals surface area contributed by atoms with Crippen molar-refractivity contribution in [1.29, 1.82) is 0 Å². The molecule has 0 saturated carbocycles. The summed E-state index contributed by atoms with van der Waals surface area (Å²) in [6.45, 7) is 7.69. The molecule has 2 rings (SSSR count). The van der Waals surface area contributed by atoms with Crippen LogP contribution in [-0.4, -0.2) is 32.2 Å². The Bertz CT molecular complexity index is 535. The normalized spacial score (nSPS) is 18.8. The van der Waals surface area contributed by atoms with E-state index in [1.807, 2.05) is 38.1 Å². The Labute approximate surface area is 139 Å². The first-order valence-electron chi connectivity index (χ1n) is 8.01. The highest BCUT2D eigenvalue weighted by atomic mass is 16.7. The molecule has 1 aliphatic rings. The van der Waals surface area contributed by atoms with E-state index >= 15 is 0 Å². The molecule has 1 heterocycles. The van der Waals surface area contributed by atoms with Gasteiger partial charge in [-0.1, -0.05) is 18.1 Å². The Morgan fingerprint density at radius 2 is 1.87 bits per heavy atom. The van der Waals surface area contributed by atoms with Crippen molar-refractivity contribution in [2.45, 2.75) is 45.7 Å². The summed E-state index contributed by atoms with van der Waals surface area (Å²) in [4.78, 5) is 0. The summed E-state index contributed by atoms with van der Waals surface area (Å²) in [6.07, 6.45) is 0.617. The fourth-order valence-electron chi connectivity index (χ4n) is 2.67. The van der Waals surface area contributed by atoms with Gasteiger partial charge < -0.3 is 18.9 Å². The molecular weight excluding hydrogens is 292 g/mol. The van der Waals surface area contributed by atoms with Gasteiger partial charge >= 0.3 is 0 Å². The number of hydrogen-bond acceptors (Lipinski definition) is 4. The Hall–Kier alpha value is -1.54. The molecule has 2 atom stereocenters. The molecule has 1 fully saturated rings. The molecule has 0 N–H and O–H groups in total. The maximum Gasteiger partial charge on any atom is 0.168 e. The Morgan fingerprint density at radius 3 is 2.43 bits per heavy atom. The third kappa shape index (κ3) is 5.24. The fraction of sp³-hybridized carbons (Fsp3) is 0.579. The van der Waals surface area contributed by atoms with Crippen LogP contribution in [0.25, 0.3) is 0 Å². The van der Waals surface area contributed by atoms with Crippen LogP contribution < -0.4 is 4.74 Å². The average molecular weight is 318 g/mol. The molecule has 0 spiro atoms. The lowest BCUT2D eigenvalue weighted by molar-refractivity contribution is -0.173. The quantitative estimate of drug-likeness (QED) is 0.722. The minimum atomic E-state index is -0.575. The van der Waals surface area contributed by atoms with Gasteiger partial charge in [0.15, 0.2) is 5.79 Å². The molecule has 0 amide bonds. The first-order chi connectivity index (χ1) is 11.1. The van der Waals surface area contributed by atoms with Crippen LogP contribution in [0.5, 0.6) is 5.75 Å². The minimum Gasteiger partial charge on any atom is -0.497 e. The van der Waals surface area contributed by atoms with Crippen molar-refractivity contribution in [2.24, 2.45) is 5.92 Å². The van der Waals surface area contributed by atoms with E-state index in [1.54, 1.807) is 7.11 Å². The predicted molar refractivity (Wildman–Crippen MR) is 89.1 cm³/mol. The van der Waals surface area contributed by atoms with Crippen molar-refractivity contribution in [2.75, 3.05) is 20.3 Å². The third-order valence-electron chi connectivity index (χ3n) is 4.02. The monoisotopic (exact) mass is 318 g/mol. The highest BCUT2D eigenvalue weighted by molar-refractivity contribution is 5.26. The summed E-state index contributed by atoms with van der Waals surface area (Å²) < 4.78 is 22.7. The van der Waals surface area contributed by atoms with Crippen LogP contribution >= 0.6 is 0 Å². The van der Waals surface area contributed by atoms with Crippen molar-refractivity contribution >= 4 is 0 Å². The van der Waals surface area contributed by atoms with Gasteiger partial charge in [-0.15, -0.1) is 5.92 Å². The Balaban J connectivity index is 1.99. The largest absolute Gasteiger partial charge is 0.497 e. The SMILES string of the molecule is CC#C[C@@H](C)[C@H](CC1(C)OCCO1)OCc1ccc(OC)cc1. The fourth-order valence-corrected chi connectivity index (χ4v) is 2.67. The maximum absolute atomic E-state index is 6.14. The van der Waals surface area contributed by atoms with Crippen LogP contribution in [0.1, 0.15) is 32.8 Å². The Morgan fingerprint density at radius 1 is 1.22 bits per heavy atom. The molecule has 0 bridgehead atoms. The molecule has 0 aliphatic carbocycles. The van der Waals surface area contributed by atoms with Crippen LogP contribution in [0.4, 0.5) is 0 Å². The second-order valence-corrected chi connectivity index (χ2v) is 5.92. The molecule has 1 aliphatic heterocycles. The van der Waals surface area contributed by atoms with Crippen molar-refractivity contribution in [1.82, 2.24) is 0 Å². The van der Waals surface area contributed by atoms with Crippen LogP contribution in [0, 0.1) is 17.8 Å². The molecule has 4 heteroatoms. The van der Waals surface area contributed by atoms with Gasteiger partial charge in [0.1, 0.15) is 5.75 Å². The lowest BCUT2D eigenvalue weighted by atomic mass is 9.98. The second kappa shape index (κ2) is 8.35. The lowest BCUT2D eigenvalue weighted by Gasteiger charge is -2.29. The number of ether oxygens (including phenoxy) is 4. The van der Waals surface area contributed by atoms with Gasteiger partial charge in [-0.2, -0.15) is 0 Å². The van der Waals surface area contributed by atoms with Crippen LogP contribution in [0.3, 0.4) is 0 Å². The maximum atomic E-state index is 6.14. The van der Waals surface area contributed by atoms with Gasteiger partial charge in [0.05, 0.1) is 33.0 Å². The van der Waals surface area contributed by atoms with E-state index in [0.29, 0.717) is 26.2 Å². The molecule has 0 unspecified atom stereocenters. The number of hydrogen-bond donors (Lipinski definition) is 0. The standard InChI is InChI=1S/C19H26O4/c1-5-6-15(2)18(13-19(3)22-11-12-23-19)21-14-16-7-9-17(20-4)10-8-16/h7-10,15,18H,11-14H2,1-4H3/t15-,18+/m1/s1. The van der Waals surface area contributed by atoms with E-state index in [1.165, 1.54) is 0 Å². The molecule has 4 nitrogen and oxygen atoms in total. The summed E-state index contributed by atoms with van der Waals surface area (Å²) in [5.41, 5.74) is 1.10. The van der Waals surface area contributed by atoms with Gasteiger partial charge in [-0.25, -0.2) is 0 Å². The first kappa shape index (κ1) is 17.8. The van der Waals surface area contributed by atoms with E-state index in [-0.39, 0.29) is 12.0 Å². The van der Waals surface area contributed by atoms with Crippen LogP contribution in [0.15, 0.2) is 24.3 Å². The molecule has 126 valence electrons. The molecule has 1 saturated heterocycles. The average Bonchev–Trinajstić information content (AvgIpc) is 2.98. The van der Waals surface area contributed by atoms with E-state index in [9.17, 15) is 0 Å². The van der Waals surface area contributed by atoms with Gasteiger partial charge in [-0.05, 0) is 38.5 Å². The smallest absolute Gasteiger partial charge is 0.168 e. The summed E-state index contributed by atoms with van der Waals surface area (Å²) >= 11 is 0. The highest BCUT2D eigenvalue weighted by Gasteiger charge is 2.36. The van der Waals surface area contributed by atoms with Gasteiger partial charge in [0, 0.05) is 12.3 Å². The molecule has 1 aromatic rings. The second-order valence-electron chi connectivity index (χ2n) is 5.92. The summed E-state index contributed by atoms with van der Waals surface area (Å²) in [5.74, 6) is 6.54. The van der Waals surface area contributed by atoms with E-state index in [0.717, 1.165) is 11.3 Å². The number of methoxy groups -OCH3 is 1. The zero-order chi connectivity index (χ0) is 16.7. The number of rotatable bonds is 7. The molecule has 0 radical (unpaired) electrons. The zero-order valence-corrected chi connectivity index (χ0v) is 14.4. The van der Waals surface area contributed by atoms with Crippen molar-refractivity contribution in [3.05, 3.63) is 29.8 Å². The predicted octanol–water partition coefficient (Wildman–Crippen LogP) is 3.39. The summed E-state index contributed by atoms with van der Waals surface area (Å²) in [5, 5.41) is 0. The van der Waals surface area contributed by atoms with Crippen molar-refractivity contribution in [3.8, 4) is 17.6 Å². The molecule has 1 aromatic carbocycles. The molecule has 0 aromatic heterocycles. The first-order valence-corrected chi connectivity index (χ1v) is 8.01. The molecule has 23 heavy (non-hydrogen) atoms. The minimum absolute atomic E-state index is 0.0485. The van der Waals surface area contributed by atoms with Crippen molar-refractivity contribution < 1.29 is 18.9 Å². The summed E-state index contributed by atoms with van der Waals surface area (Å²) in [7, 11) is 1.66. The third-order valence-corrected chi connectivity index (χ3v) is 4.02. The van der Waals surface area contributed by atoms with Crippen LogP contribution in [0.2, 0.25) is 0 Å². The van der Waals surface area contributed by atoms with Gasteiger partial charge in [0.25, 0.3) is 0 Å². The van der Waals surface area contributed by atoms with Gasteiger partial charge in [0.2, 0.25) is 0 Å². The molecular formula is C19H26O4.